The lowest BCUT2D eigenvalue weighted by molar-refractivity contribution is 0.0965. The average molecular weight is 246 g/mol. The quantitative estimate of drug-likeness (QED) is 0.418. The summed E-state index contributed by atoms with van der Waals surface area (Å²) in [5, 5.41) is 0. The van der Waals surface area contributed by atoms with Crippen molar-refractivity contribution < 1.29 is 4.74 Å². The van der Waals surface area contributed by atoms with Crippen LogP contribution in [0.3, 0.4) is 0 Å². The molecule has 0 aromatic heterocycles. The highest BCUT2D eigenvalue weighted by atomic mass is 16.5. The first-order valence-corrected chi connectivity index (χ1v) is 7.11. The summed E-state index contributed by atoms with van der Waals surface area (Å²) in [6.45, 7) is 7.65. The zero-order valence-electron chi connectivity index (χ0n) is 11.6. The Morgan fingerprint density at radius 1 is 1.17 bits per heavy atom. The van der Waals surface area contributed by atoms with Gasteiger partial charge in [-0.1, -0.05) is 69.0 Å². The average Bonchev–Trinajstić information content (AvgIpc) is 2.42. The van der Waals surface area contributed by atoms with Crippen molar-refractivity contribution in [3.05, 3.63) is 48.6 Å². The Hall–Kier alpha value is -1.08. The highest BCUT2D eigenvalue weighted by molar-refractivity contribution is 5.13. The molecule has 1 rings (SSSR count). The molecule has 0 spiro atoms. The molecule has 0 amide bonds. The number of benzene rings is 1. The standard InChI is InChI=1S/C17H26O/c1-3-5-6-8-11-16(4-2)14-18-15-17-12-9-7-10-13-17/h4,7,9-10,12-13,16H,2-3,5-6,8,11,14-15H2,1H3/t16-/m1/s1. The first-order chi connectivity index (χ1) is 8.86. The monoisotopic (exact) mass is 246 g/mol. The number of hydrogen-bond donors (Lipinski definition) is 0. The normalized spacial score (nSPS) is 12.3. The van der Waals surface area contributed by atoms with E-state index in [2.05, 4.69) is 37.8 Å². The molecule has 0 fully saturated rings. The molecule has 0 saturated heterocycles. The second-order valence-electron chi connectivity index (χ2n) is 4.85. The zero-order chi connectivity index (χ0) is 13.1. The lowest BCUT2D eigenvalue weighted by Crippen LogP contribution is -2.07. The van der Waals surface area contributed by atoms with Crippen molar-refractivity contribution >= 4 is 0 Å². The van der Waals surface area contributed by atoms with E-state index in [0.29, 0.717) is 12.5 Å². The van der Waals surface area contributed by atoms with Crippen LogP contribution in [0.5, 0.6) is 0 Å². The molecular formula is C17H26O. The molecule has 1 nitrogen and oxygen atoms in total. The fraction of sp³-hybridized carbons (Fsp3) is 0.529. The predicted molar refractivity (Wildman–Crippen MR) is 78.5 cm³/mol. The molecule has 0 unspecified atom stereocenters. The summed E-state index contributed by atoms with van der Waals surface area (Å²) in [6, 6.07) is 10.3. The van der Waals surface area contributed by atoms with Gasteiger partial charge in [0.1, 0.15) is 0 Å². The molecule has 100 valence electrons. The van der Waals surface area contributed by atoms with Gasteiger partial charge in [-0.15, -0.1) is 6.58 Å². The van der Waals surface area contributed by atoms with Gasteiger partial charge in [0.05, 0.1) is 13.2 Å². The van der Waals surface area contributed by atoms with Crippen molar-refractivity contribution in [2.24, 2.45) is 5.92 Å². The van der Waals surface area contributed by atoms with Crippen molar-refractivity contribution in [2.45, 2.75) is 45.6 Å². The van der Waals surface area contributed by atoms with E-state index in [1.807, 2.05) is 12.1 Å². The lowest BCUT2D eigenvalue weighted by Gasteiger charge is -2.12. The Labute approximate surface area is 112 Å². The first-order valence-electron chi connectivity index (χ1n) is 7.11. The van der Waals surface area contributed by atoms with Crippen molar-refractivity contribution in [1.82, 2.24) is 0 Å². The third-order valence-electron chi connectivity index (χ3n) is 3.21. The molecule has 0 bridgehead atoms. The Bertz CT molecular complexity index is 305. The molecule has 0 heterocycles. The maximum Gasteiger partial charge on any atom is 0.0717 e. The van der Waals surface area contributed by atoms with Gasteiger partial charge >= 0.3 is 0 Å². The van der Waals surface area contributed by atoms with Crippen LogP contribution in [-0.2, 0) is 11.3 Å². The Kier molecular flexibility index (Phi) is 8.24. The summed E-state index contributed by atoms with van der Waals surface area (Å²) >= 11 is 0. The van der Waals surface area contributed by atoms with E-state index in [0.717, 1.165) is 6.61 Å². The smallest absolute Gasteiger partial charge is 0.0717 e. The van der Waals surface area contributed by atoms with Gasteiger partial charge in [-0.25, -0.2) is 0 Å². The molecule has 0 radical (unpaired) electrons. The minimum atomic E-state index is 0.505. The summed E-state index contributed by atoms with van der Waals surface area (Å²) in [7, 11) is 0. The number of rotatable bonds is 10. The van der Waals surface area contributed by atoms with Gasteiger partial charge < -0.3 is 4.74 Å². The number of unbranched alkanes of at least 4 members (excludes halogenated alkanes) is 3. The van der Waals surface area contributed by atoms with Crippen LogP contribution in [0.2, 0.25) is 0 Å². The Balaban J connectivity index is 2.13. The van der Waals surface area contributed by atoms with Crippen LogP contribution >= 0.6 is 0 Å². The van der Waals surface area contributed by atoms with Crippen molar-refractivity contribution in [2.75, 3.05) is 6.61 Å². The van der Waals surface area contributed by atoms with Gasteiger partial charge in [-0.3, -0.25) is 0 Å². The van der Waals surface area contributed by atoms with Gasteiger partial charge in [0.2, 0.25) is 0 Å². The highest BCUT2D eigenvalue weighted by Crippen LogP contribution is 2.13. The Morgan fingerprint density at radius 2 is 1.94 bits per heavy atom. The third kappa shape index (κ3) is 6.61. The lowest BCUT2D eigenvalue weighted by atomic mass is 10.0. The second-order valence-corrected chi connectivity index (χ2v) is 4.85. The minimum Gasteiger partial charge on any atom is -0.376 e. The highest BCUT2D eigenvalue weighted by Gasteiger charge is 2.04. The summed E-state index contributed by atoms with van der Waals surface area (Å²) in [6.07, 6.45) is 8.51. The fourth-order valence-corrected chi connectivity index (χ4v) is 2.00. The van der Waals surface area contributed by atoms with Crippen LogP contribution in [0.4, 0.5) is 0 Å². The molecule has 1 aromatic rings. The molecule has 1 atom stereocenters. The molecule has 18 heavy (non-hydrogen) atoms. The van der Waals surface area contributed by atoms with Gasteiger partial charge in [-0.2, -0.15) is 0 Å². The molecule has 0 aliphatic rings. The number of hydrogen-bond acceptors (Lipinski definition) is 1. The van der Waals surface area contributed by atoms with E-state index in [1.54, 1.807) is 0 Å². The van der Waals surface area contributed by atoms with E-state index in [9.17, 15) is 0 Å². The molecule has 0 aliphatic heterocycles. The zero-order valence-corrected chi connectivity index (χ0v) is 11.6. The minimum absolute atomic E-state index is 0.505. The Morgan fingerprint density at radius 3 is 2.61 bits per heavy atom. The van der Waals surface area contributed by atoms with Crippen molar-refractivity contribution in [3.63, 3.8) is 0 Å². The van der Waals surface area contributed by atoms with Crippen LogP contribution < -0.4 is 0 Å². The van der Waals surface area contributed by atoms with E-state index in [1.165, 1.54) is 37.7 Å². The van der Waals surface area contributed by atoms with E-state index in [4.69, 9.17) is 4.74 Å². The van der Waals surface area contributed by atoms with Crippen LogP contribution in [0.15, 0.2) is 43.0 Å². The van der Waals surface area contributed by atoms with Gasteiger partial charge in [0, 0.05) is 0 Å². The van der Waals surface area contributed by atoms with Crippen LogP contribution in [0, 0.1) is 5.92 Å². The second kappa shape index (κ2) is 9.90. The first kappa shape index (κ1) is 15.0. The largest absolute Gasteiger partial charge is 0.376 e. The van der Waals surface area contributed by atoms with Gasteiger partial charge in [0.15, 0.2) is 0 Å². The summed E-state index contributed by atoms with van der Waals surface area (Å²) in [5.41, 5.74) is 1.24. The fourth-order valence-electron chi connectivity index (χ4n) is 2.00. The van der Waals surface area contributed by atoms with Crippen LogP contribution in [-0.4, -0.2) is 6.61 Å². The predicted octanol–water partition coefficient (Wildman–Crippen LogP) is 4.98. The van der Waals surface area contributed by atoms with E-state index >= 15 is 0 Å². The summed E-state index contributed by atoms with van der Waals surface area (Å²) in [5.74, 6) is 0.505. The molecular weight excluding hydrogens is 220 g/mol. The van der Waals surface area contributed by atoms with E-state index in [-0.39, 0.29) is 0 Å². The molecule has 0 N–H and O–H groups in total. The van der Waals surface area contributed by atoms with Crippen molar-refractivity contribution in [1.29, 1.82) is 0 Å². The van der Waals surface area contributed by atoms with Gasteiger partial charge in [0.25, 0.3) is 0 Å². The molecule has 1 heteroatoms. The summed E-state index contributed by atoms with van der Waals surface area (Å²) < 4.78 is 5.76. The van der Waals surface area contributed by atoms with Crippen molar-refractivity contribution in [3.8, 4) is 0 Å². The van der Waals surface area contributed by atoms with Gasteiger partial charge in [-0.05, 0) is 17.9 Å². The molecule has 1 aromatic carbocycles. The molecule has 0 saturated carbocycles. The van der Waals surface area contributed by atoms with E-state index < -0.39 is 0 Å². The SMILES string of the molecule is C=C[C@H](CCCCCC)COCc1ccccc1. The number of ether oxygens (including phenoxy) is 1. The maximum absolute atomic E-state index is 5.76. The topological polar surface area (TPSA) is 9.23 Å². The molecule has 0 aliphatic carbocycles. The maximum atomic E-state index is 5.76. The summed E-state index contributed by atoms with van der Waals surface area (Å²) in [4.78, 5) is 0. The third-order valence-corrected chi connectivity index (χ3v) is 3.21. The van der Waals surface area contributed by atoms with Crippen LogP contribution in [0.25, 0.3) is 0 Å². The van der Waals surface area contributed by atoms with Crippen LogP contribution in [0.1, 0.15) is 44.6 Å².